The zero-order chi connectivity index (χ0) is 11.5. The van der Waals surface area contributed by atoms with Gasteiger partial charge in [-0.1, -0.05) is 0 Å². The summed E-state index contributed by atoms with van der Waals surface area (Å²) < 4.78 is 2.82. The molecule has 0 saturated heterocycles. The van der Waals surface area contributed by atoms with Crippen LogP contribution in [-0.2, 0) is 13.6 Å². The van der Waals surface area contributed by atoms with Crippen LogP contribution in [0.4, 0.5) is 5.82 Å². The minimum atomic E-state index is 0.713. The number of anilines is 1. The van der Waals surface area contributed by atoms with Gasteiger partial charge >= 0.3 is 0 Å². The van der Waals surface area contributed by atoms with Gasteiger partial charge in [-0.25, -0.2) is 4.98 Å². The number of hydrogen-bond acceptors (Lipinski definition) is 3. The molecule has 0 fully saturated rings. The smallest absolute Gasteiger partial charge is 0.140 e. The maximum Gasteiger partial charge on any atom is 0.140 e. The van der Waals surface area contributed by atoms with Gasteiger partial charge < -0.3 is 5.32 Å². The lowest BCUT2D eigenvalue weighted by molar-refractivity contribution is 0.720. The normalized spacial score (nSPS) is 10.4. The van der Waals surface area contributed by atoms with Crippen LogP contribution in [0.15, 0.2) is 29.0 Å². The van der Waals surface area contributed by atoms with Crippen LogP contribution in [-0.4, -0.2) is 14.8 Å². The van der Waals surface area contributed by atoms with Gasteiger partial charge in [-0.15, -0.1) is 0 Å². The molecule has 5 heteroatoms. The molecule has 16 heavy (non-hydrogen) atoms. The quantitative estimate of drug-likeness (QED) is 0.940. The molecule has 1 N–H and O–H groups in total. The van der Waals surface area contributed by atoms with Crippen molar-refractivity contribution >= 4 is 21.7 Å². The zero-order valence-electron chi connectivity index (χ0n) is 9.24. The molecule has 84 valence electrons. The third-order valence-electron chi connectivity index (χ3n) is 2.34. The Morgan fingerprint density at radius 3 is 2.94 bits per heavy atom. The van der Waals surface area contributed by atoms with E-state index in [0.717, 1.165) is 21.5 Å². The highest BCUT2D eigenvalue weighted by Crippen LogP contribution is 2.20. The Morgan fingerprint density at radius 2 is 2.31 bits per heavy atom. The molecule has 0 spiro atoms. The van der Waals surface area contributed by atoms with E-state index in [1.54, 1.807) is 6.20 Å². The molecule has 0 radical (unpaired) electrons. The molecular weight excluding hydrogens is 268 g/mol. The highest BCUT2D eigenvalue weighted by atomic mass is 79.9. The third-order valence-corrected chi connectivity index (χ3v) is 2.94. The summed E-state index contributed by atoms with van der Waals surface area (Å²) in [5.74, 6) is 0.854. The topological polar surface area (TPSA) is 42.7 Å². The van der Waals surface area contributed by atoms with Crippen molar-refractivity contribution in [3.63, 3.8) is 0 Å². The minimum absolute atomic E-state index is 0.713. The predicted octanol–water partition coefficient (Wildman–Crippen LogP) is 2.50. The minimum Gasteiger partial charge on any atom is -0.363 e. The summed E-state index contributed by atoms with van der Waals surface area (Å²) >= 11 is 3.48. The second kappa shape index (κ2) is 4.65. The van der Waals surface area contributed by atoms with Crippen molar-refractivity contribution in [2.75, 3.05) is 5.32 Å². The van der Waals surface area contributed by atoms with E-state index >= 15 is 0 Å². The van der Waals surface area contributed by atoms with Crippen LogP contribution in [0.1, 0.15) is 11.3 Å². The van der Waals surface area contributed by atoms with Gasteiger partial charge in [0.25, 0.3) is 0 Å². The number of halogens is 1. The van der Waals surface area contributed by atoms with Gasteiger partial charge in [0.05, 0.1) is 16.7 Å². The van der Waals surface area contributed by atoms with Crippen molar-refractivity contribution in [1.82, 2.24) is 14.8 Å². The van der Waals surface area contributed by atoms with Crippen LogP contribution in [0.3, 0.4) is 0 Å². The average Bonchev–Trinajstić information content (AvgIpc) is 2.63. The standard InChI is InChI=1S/C11H13BrN4/c1-8-5-10(12)11(13-6-8)14-7-9-3-4-15-16(9)2/h3-6H,7H2,1-2H3,(H,13,14). The van der Waals surface area contributed by atoms with Crippen molar-refractivity contribution in [2.24, 2.45) is 7.05 Å². The van der Waals surface area contributed by atoms with E-state index in [1.165, 1.54) is 0 Å². The van der Waals surface area contributed by atoms with Gasteiger partial charge in [0.1, 0.15) is 5.82 Å². The first-order chi connectivity index (χ1) is 7.66. The fraction of sp³-hybridized carbons (Fsp3) is 0.273. The van der Waals surface area contributed by atoms with Crippen molar-refractivity contribution < 1.29 is 0 Å². The molecule has 0 saturated carbocycles. The van der Waals surface area contributed by atoms with E-state index in [1.807, 2.05) is 37.0 Å². The van der Waals surface area contributed by atoms with Crippen LogP contribution in [0.25, 0.3) is 0 Å². The first-order valence-corrected chi connectivity index (χ1v) is 5.79. The molecule has 0 unspecified atom stereocenters. The first kappa shape index (κ1) is 11.1. The Hall–Kier alpha value is -1.36. The van der Waals surface area contributed by atoms with Crippen LogP contribution in [0.5, 0.6) is 0 Å². The summed E-state index contributed by atoms with van der Waals surface area (Å²) in [5, 5.41) is 7.37. The van der Waals surface area contributed by atoms with E-state index in [0.29, 0.717) is 6.54 Å². The van der Waals surface area contributed by atoms with Gasteiger partial charge in [0.15, 0.2) is 0 Å². The number of aryl methyl sites for hydroxylation is 2. The lowest BCUT2D eigenvalue weighted by Gasteiger charge is -2.08. The van der Waals surface area contributed by atoms with E-state index < -0.39 is 0 Å². The molecule has 0 atom stereocenters. The Kier molecular flexibility index (Phi) is 3.24. The van der Waals surface area contributed by atoms with Crippen molar-refractivity contribution in [1.29, 1.82) is 0 Å². The second-order valence-corrected chi connectivity index (χ2v) is 4.50. The number of hydrogen-bond donors (Lipinski definition) is 1. The number of pyridine rings is 1. The number of aromatic nitrogens is 3. The zero-order valence-corrected chi connectivity index (χ0v) is 10.8. The van der Waals surface area contributed by atoms with Crippen LogP contribution < -0.4 is 5.32 Å². The Morgan fingerprint density at radius 1 is 1.50 bits per heavy atom. The summed E-state index contributed by atoms with van der Waals surface area (Å²) in [7, 11) is 1.93. The lowest BCUT2D eigenvalue weighted by Crippen LogP contribution is -2.06. The molecule has 0 aromatic carbocycles. The van der Waals surface area contributed by atoms with Crippen molar-refractivity contribution in [2.45, 2.75) is 13.5 Å². The van der Waals surface area contributed by atoms with Gasteiger partial charge in [-0.3, -0.25) is 4.68 Å². The Balaban J connectivity index is 2.08. The Labute approximate surface area is 103 Å². The van der Waals surface area contributed by atoms with E-state index in [4.69, 9.17) is 0 Å². The SMILES string of the molecule is Cc1cnc(NCc2ccnn2C)c(Br)c1. The fourth-order valence-electron chi connectivity index (χ4n) is 1.41. The predicted molar refractivity (Wildman–Crippen MR) is 67.2 cm³/mol. The van der Waals surface area contributed by atoms with Crippen molar-refractivity contribution in [3.8, 4) is 0 Å². The van der Waals surface area contributed by atoms with Crippen LogP contribution in [0, 0.1) is 6.92 Å². The summed E-state index contributed by atoms with van der Waals surface area (Å²) in [6, 6.07) is 4.02. The molecule has 2 aromatic heterocycles. The first-order valence-electron chi connectivity index (χ1n) is 4.99. The summed E-state index contributed by atoms with van der Waals surface area (Å²) in [5.41, 5.74) is 2.26. The highest BCUT2D eigenvalue weighted by molar-refractivity contribution is 9.10. The van der Waals surface area contributed by atoms with E-state index in [2.05, 4.69) is 31.3 Å². The molecule has 0 aliphatic carbocycles. The number of nitrogens with one attached hydrogen (secondary N) is 1. The van der Waals surface area contributed by atoms with Gasteiger partial charge in [0.2, 0.25) is 0 Å². The van der Waals surface area contributed by atoms with Gasteiger partial charge in [0, 0.05) is 19.4 Å². The molecule has 4 nitrogen and oxygen atoms in total. The molecule has 0 bridgehead atoms. The molecule has 0 aliphatic rings. The average molecular weight is 281 g/mol. The second-order valence-electron chi connectivity index (χ2n) is 3.64. The summed E-state index contributed by atoms with van der Waals surface area (Å²) in [6.07, 6.45) is 3.63. The third kappa shape index (κ3) is 2.41. The molecular formula is C11H13BrN4. The van der Waals surface area contributed by atoms with E-state index in [9.17, 15) is 0 Å². The summed E-state index contributed by atoms with van der Waals surface area (Å²) in [6.45, 7) is 2.73. The number of rotatable bonds is 3. The van der Waals surface area contributed by atoms with Gasteiger partial charge in [-0.2, -0.15) is 5.10 Å². The van der Waals surface area contributed by atoms with Crippen LogP contribution in [0.2, 0.25) is 0 Å². The van der Waals surface area contributed by atoms with Crippen LogP contribution >= 0.6 is 15.9 Å². The highest BCUT2D eigenvalue weighted by Gasteiger charge is 2.03. The molecule has 0 amide bonds. The molecule has 2 heterocycles. The Bertz CT molecular complexity index is 492. The summed E-state index contributed by atoms with van der Waals surface area (Å²) in [4.78, 5) is 4.32. The maximum atomic E-state index is 4.32. The molecule has 2 aromatic rings. The monoisotopic (exact) mass is 280 g/mol. The van der Waals surface area contributed by atoms with Crippen molar-refractivity contribution in [3.05, 3.63) is 40.3 Å². The molecule has 0 aliphatic heterocycles. The van der Waals surface area contributed by atoms with E-state index in [-0.39, 0.29) is 0 Å². The molecule has 2 rings (SSSR count). The van der Waals surface area contributed by atoms with Gasteiger partial charge in [-0.05, 0) is 40.5 Å². The fourth-order valence-corrected chi connectivity index (χ4v) is 2.02. The number of nitrogens with zero attached hydrogens (tertiary/aromatic N) is 3. The lowest BCUT2D eigenvalue weighted by atomic mass is 10.3. The maximum absolute atomic E-state index is 4.32. The largest absolute Gasteiger partial charge is 0.363 e.